The molecule has 4 aliphatic carbocycles. The van der Waals surface area contributed by atoms with Crippen molar-refractivity contribution in [1.29, 1.82) is 0 Å². The summed E-state index contributed by atoms with van der Waals surface area (Å²) in [5.41, 5.74) is 1.23. The Balaban J connectivity index is 1.29. The number of nitrogens with zero attached hydrogens (tertiary/aromatic N) is 1. The minimum absolute atomic E-state index is 0.0942. The van der Waals surface area contributed by atoms with Crippen molar-refractivity contribution in [3.63, 3.8) is 0 Å². The van der Waals surface area contributed by atoms with Crippen LogP contribution in [0.5, 0.6) is 0 Å². The lowest BCUT2D eigenvalue weighted by Crippen LogP contribution is -2.49. The van der Waals surface area contributed by atoms with Crippen LogP contribution in [0, 0.1) is 17.8 Å². The highest BCUT2D eigenvalue weighted by atomic mass is 16.3. The number of aliphatic hydroxyl groups is 6. The van der Waals surface area contributed by atoms with Crippen LogP contribution in [-0.4, -0.2) is 98.3 Å². The Morgan fingerprint density at radius 2 is 1.47 bits per heavy atom. The maximum absolute atomic E-state index is 10.3. The molecular formula is C28H46N2O6. The fourth-order valence-electron chi connectivity index (χ4n) is 6.69. The van der Waals surface area contributed by atoms with Crippen molar-refractivity contribution in [3.8, 4) is 0 Å². The van der Waals surface area contributed by atoms with E-state index in [1.165, 1.54) is 11.6 Å². The molecule has 36 heavy (non-hydrogen) atoms. The van der Waals surface area contributed by atoms with Crippen LogP contribution in [0.1, 0.15) is 57.8 Å². The van der Waals surface area contributed by atoms with Crippen LogP contribution in [0.3, 0.4) is 0 Å². The number of allylic oxidation sites excluding steroid dienone is 2. The number of aliphatic hydroxyl groups excluding tert-OH is 6. The zero-order valence-electron chi connectivity index (χ0n) is 21.3. The third-order valence-corrected chi connectivity index (χ3v) is 8.35. The van der Waals surface area contributed by atoms with Gasteiger partial charge in [-0.25, -0.2) is 0 Å². The topological polar surface area (TPSA) is 137 Å². The standard InChI is InChI=1S/C28H46N2O6/c31-23-5-20(6-24(32)11-23)15-29-14-18-1-3-19(4-2-18)16-30(22-9-27(35)13-28(36)10-22)17-21-7-25(33)12-26(34)8-21/h1-3,11,19-23,25-29,31-36H,4-10,12-17H2/t19-,20-,21?,22?,23+,25-,26+,27-,28+/m1/s1. The quantitative estimate of drug-likeness (QED) is 0.249. The Morgan fingerprint density at radius 1 is 0.806 bits per heavy atom. The molecule has 2 saturated carbocycles. The molecule has 4 rings (SSSR count). The zero-order chi connectivity index (χ0) is 25.7. The van der Waals surface area contributed by atoms with Gasteiger partial charge in [-0.2, -0.15) is 0 Å². The normalized spacial score (nSPS) is 39.7. The van der Waals surface area contributed by atoms with Crippen molar-refractivity contribution in [2.45, 2.75) is 94.3 Å². The Bertz CT molecular complexity index is 781. The van der Waals surface area contributed by atoms with Gasteiger partial charge in [0.15, 0.2) is 0 Å². The van der Waals surface area contributed by atoms with Gasteiger partial charge in [0.1, 0.15) is 0 Å². The molecule has 0 aromatic carbocycles. The summed E-state index contributed by atoms with van der Waals surface area (Å²) < 4.78 is 0. The molecule has 0 spiro atoms. The second-order valence-corrected chi connectivity index (χ2v) is 11.8. The van der Waals surface area contributed by atoms with E-state index in [-0.39, 0.29) is 23.6 Å². The molecule has 7 N–H and O–H groups in total. The van der Waals surface area contributed by atoms with E-state index in [9.17, 15) is 30.6 Å². The molecule has 4 aliphatic rings. The average molecular weight is 507 g/mol. The van der Waals surface area contributed by atoms with E-state index in [1.54, 1.807) is 0 Å². The molecule has 204 valence electrons. The van der Waals surface area contributed by atoms with Gasteiger partial charge in [0.2, 0.25) is 0 Å². The van der Waals surface area contributed by atoms with Crippen LogP contribution in [0.2, 0.25) is 0 Å². The van der Waals surface area contributed by atoms with Gasteiger partial charge in [-0.3, -0.25) is 4.90 Å². The first-order valence-corrected chi connectivity index (χ1v) is 13.9. The maximum atomic E-state index is 10.3. The monoisotopic (exact) mass is 506 g/mol. The molecule has 0 aromatic rings. The second-order valence-electron chi connectivity index (χ2n) is 11.8. The fraction of sp³-hybridized carbons (Fsp3) is 0.786. The van der Waals surface area contributed by atoms with Crippen LogP contribution in [0.4, 0.5) is 0 Å². The van der Waals surface area contributed by atoms with Gasteiger partial charge in [0.25, 0.3) is 0 Å². The van der Waals surface area contributed by atoms with Crippen molar-refractivity contribution in [2.24, 2.45) is 17.8 Å². The number of hydrogen-bond donors (Lipinski definition) is 7. The molecule has 8 heteroatoms. The van der Waals surface area contributed by atoms with E-state index in [4.69, 9.17) is 0 Å². The minimum Gasteiger partial charge on any atom is -0.513 e. The van der Waals surface area contributed by atoms with Crippen molar-refractivity contribution < 1.29 is 30.6 Å². The molecule has 0 saturated heterocycles. The summed E-state index contributed by atoms with van der Waals surface area (Å²) in [6, 6.07) is 0.0942. The van der Waals surface area contributed by atoms with E-state index in [0.717, 1.165) is 32.6 Å². The van der Waals surface area contributed by atoms with E-state index in [2.05, 4.69) is 28.4 Å². The van der Waals surface area contributed by atoms with Gasteiger partial charge in [-0.05, 0) is 87.3 Å². The van der Waals surface area contributed by atoms with Gasteiger partial charge in [-0.15, -0.1) is 0 Å². The molecule has 2 fully saturated rings. The Labute approximate surface area is 215 Å². The number of hydrogen-bond acceptors (Lipinski definition) is 8. The van der Waals surface area contributed by atoms with E-state index >= 15 is 0 Å². The van der Waals surface area contributed by atoms with Crippen molar-refractivity contribution in [2.75, 3.05) is 26.2 Å². The van der Waals surface area contributed by atoms with E-state index < -0.39 is 30.5 Å². The van der Waals surface area contributed by atoms with Crippen LogP contribution in [0.25, 0.3) is 0 Å². The molecular weight excluding hydrogens is 460 g/mol. The first-order chi connectivity index (χ1) is 17.2. The van der Waals surface area contributed by atoms with Gasteiger partial charge >= 0.3 is 0 Å². The van der Waals surface area contributed by atoms with E-state index in [1.807, 2.05) is 0 Å². The van der Waals surface area contributed by atoms with Crippen LogP contribution < -0.4 is 5.32 Å². The molecule has 0 aromatic heterocycles. The summed E-state index contributed by atoms with van der Waals surface area (Å²) in [5.74, 6) is 1.05. The average Bonchev–Trinajstić information content (AvgIpc) is 2.78. The van der Waals surface area contributed by atoms with Gasteiger partial charge in [0.05, 0.1) is 36.3 Å². The molecule has 8 nitrogen and oxygen atoms in total. The third-order valence-electron chi connectivity index (χ3n) is 8.35. The molecule has 9 atom stereocenters. The third kappa shape index (κ3) is 8.38. The van der Waals surface area contributed by atoms with Gasteiger partial charge in [0, 0.05) is 32.1 Å². The lowest BCUT2D eigenvalue weighted by molar-refractivity contribution is -0.0303. The predicted molar refractivity (Wildman–Crippen MR) is 138 cm³/mol. The molecule has 0 amide bonds. The van der Waals surface area contributed by atoms with Crippen molar-refractivity contribution in [1.82, 2.24) is 10.2 Å². The van der Waals surface area contributed by atoms with Crippen molar-refractivity contribution >= 4 is 0 Å². The summed E-state index contributed by atoms with van der Waals surface area (Å²) in [7, 11) is 0. The lowest BCUT2D eigenvalue weighted by atomic mass is 9.83. The first-order valence-electron chi connectivity index (χ1n) is 13.9. The lowest BCUT2D eigenvalue weighted by Gasteiger charge is -2.42. The van der Waals surface area contributed by atoms with Crippen molar-refractivity contribution in [3.05, 3.63) is 35.6 Å². The summed E-state index contributed by atoms with van der Waals surface area (Å²) in [4.78, 5) is 2.39. The number of nitrogens with one attached hydrogen (secondary N) is 1. The largest absolute Gasteiger partial charge is 0.513 e. The molecule has 0 aliphatic heterocycles. The summed E-state index contributed by atoms with van der Waals surface area (Å²) in [6.45, 7) is 3.09. The van der Waals surface area contributed by atoms with E-state index in [0.29, 0.717) is 57.3 Å². The van der Waals surface area contributed by atoms with Crippen LogP contribution in [-0.2, 0) is 0 Å². The highest BCUT2D eigenvalue weighted by Crippen LogP contribution is 2.31. The highest BCUT2D eigenvalue weighted by Gasteiger charge is 2.34. The molecule has 0 radical (unpaired) electrons. The summed E-state index contributed by atoms with van der Waals surface area (Å²) in [6.07, 6.45) is 11.5. The minimum atomic E-state index is -0.561. The maximum Gasteiger partial charge on any atom is 0.0911 e. The van der Waals surface area contributed by atoms with Gasteiger partial charge in [-0.1, -0.05) is 18.2 Å². The predicted octanol–water partition coefficient (Wildman–Crippen LogP) is 1.39. The molecule has 0 bridgehead atoms. The summed E-state index contributed by atoms with van der Waals surface area (Å²) >= 11 is 0. The Hall–Kier alpha value is -1.26. The Morgan fingerprint density at radius 3 is 2.08 bits per heavy atom. The van der Waals surface area contributed by atoms with Crippen LogP contribution >= 0.6 is 0 Å². The number of rotatable bonds is 9. The molecule has 2 unspecified atom stereocenters. The molecule has 0 heterocycles. The summed E-state index contributed by atoms with van der Waals surface area (Å²) in [5, 5.41) is 64.0. The fourth-order valence-corrected chi connectivity index (χ4v) is 6.69. The highest BCUT2D eigenvalue weighted by molar-refractivity contribution is 5.25. The second kappa shape index (κ2) is 13.0. The first kappa shape index (κ1) is 27.8. The SMILES string of the molecule is OC1=C[C@@H](O)C[C@@H](CNCC2=CC[C@H](CN(CC3C[C@@H](O)C[C@@H](O)C3)C3C[C@@H](O)C[C@@H](O)C3)C=C2)C1. The van der Waals surface area contributed by atoms with Gasteiger partial charge < -0.3 is 36.0 Å². The smallest absolute Gasteiger partial charge is 0.0911 e. The Kier molecular flexibility index (Phi) is 10.0. The zero-order valence-corrected chi connectivity index (χ0v) is 21.3. The van der Waals surface area contributed by atoms with Crippen LogP contribution in [0.15, 0.2) is 35.6 Å².